The number of alkyl halides is 2. The molecule has 0 spiro atoms. The lowest BCUT2D eigenvalue weighted by molar-refractivity contribution is 0.0646. The number of hydrogen-bond acceptors (Lipinski definition) is 5. The van der Waals surface area contributed by atoms with Gasteiger partial charge in [0.2, 0.25) is 10.0 Å². The largest absolute Gasteiger partial charge is 0.380 e. The maximum absolute atomic E-state index is 15.7. The molecule has 0 radical (unpaired) electrons. The van der Waals surface area contributed by atoms with E-state index in [0.29, 0.717) is 26.1 Å². The fraction of sp³-hybridized carbons (Fsp3) is 0.571. The van der Waals surface area contributed by atoms with Crippen LogP contribution in [0.3, 0.4) is 0 Å². The first-order valence-corrected chi connectivity index (χ1v) is 15.2. The van der Waals surface area contributed by atoms with Crippen LogP contribution in [0.1, 0.15) is 56.8 Å². The van der Waals surface area contributed by atoms with Crippen molar-refractivity contribution in [3.05, 3.63) is 58.4 Å². The van der Waals surface area contributed by atoms with E-state index in [-0.39, 0.29) is 52.8 Å². The van der Waals surface area contributed by atoms with E-state index in [1.165, 1.54) is 45.0 Å². The standard InChI is InChI=1S/C28H37F5N4O2S/c1-5-40(38,39)35-24-8-7-20-21(26(24)32)11-17(2)37(16-28(3,4)33)27(20)25-22(30)12-18(13-23(25)31)34-19-14-36(15-19)10-6-9-29/h7-8,12-13,17,19,27,34-35H,5-6,9-11,14-16H2,1-4H3. The van der Waals surface area contributed by atoms with Gasteiger partial charge in [0.1, 0.15) is 17.3 Å². The normalized spacial score (nSPS) is 20.7. The monoisotopic (exact) mass is 588 g/mol. The highest BCUT2D eigenvalue weighted by molar-refractivity contribution is 7.92. The second-order valence-corrected chi connectivity index (χ2v) is 13.4. The molecule has 2 aromatic rings. The van der Waals surface area contributed by atoms with E-state index >= 15 is 13.2 Å². The molecule has 222 valence electrons. The first-order valence-electron chi connectivity index (χ1n) is 13.5. The van der Waals surface area contributed by atoms with E-state index in [4.69, 9.17) is 0 Å². The van der Waals surface area contributed by atoms with Crippen LogP contribution in [0.25, 0.3) is 0 Å². The lowest BCUT2D eigenvalue weighted by Crippen LogP contribution is -2.54. The van der Waals surface area contributed by atoms with Crippen molar-refractivity contribution in [2.75, 3.05) is 48.6 Å². The van der Waals surface area contributed by atoms with Gasteiger partial charge in [-0.15, -0.1) is 0 Å². The van der Waals surface area contributed by atoms with E-state index in [2.05, 4.69) is 10.0 Å². The topological polar surface area (TPSA) is 64.7 Å². The molecule has 4 rings (SSSR count). The van der Waals surface area contributed by atoms with Gasteiger partial charge in [-0.25, -0.2) is 26.0 Å². The van der Waals surface area contributed by atoms with Crippen LogP contribution in [0.5, 0.6) is 0 Å². The summed E-state index contributed by atoms with van der Waals surface area (Å²) in [5.74, 6) is -2.79. The van der Waals surface area contributed by atoms with E-state index in [1.807, 2.05) is 4.90 Å². The Balaban J connectivity index is 1.71. The Morgan fingerprint density at radius 3 is 2.33 bits per heavy atom. The Labute approximate surface area is 233 Å². The molecule has 2 atom stereocenters. The number of halogens is 5. The first kappa shape index (κ1) is 30.5. The Morgan fingerprint density at radius 1 is 1.10 bits per heavy atom. The smallest absolute Gasteiger partial charge is 0.232 e. The number of fused-ring (bicyclic) bond motifs is 1. The van der Waals surface area contributed by atoms with Crippen LogP contribution in [0, 0.1) is 17.5 Å². The van der Waals surface area contributed by atoms with Gasteiger partial charge in [-0.1, -0.05) is 6.07 Å². The Hall–Kier alpha value is -2.44. The molecule has 2 aliphatic rings. The molecule has 2 aliphatic heterocycles. The number of likely N-dealkylation sites (tertiary alicyclic amines) is 1. The van der Waals surface area contributed by atoms with E-state index in [9.17, 15) is 17.2 Å². The van der Waals surface area contributed by atoms with Crippen molar-refractivity contribution < 1.29 is 30.4 Å². The van der Waals surface area contributed by atoms with Crippen molar-refractivity contribution >= 4 is 21.4 Å². The molecule has 0 saturated carbocycles. The van der Waals surface area contributed by atoms with Crippen LogP contribution in [0.2, 0.25) is 0 Å². The van der Waals surface area contributed by atoms with E-state index in [1.54, 1.807) is 11.8 Å². The van der Waals surface area contributed by atoms with Crippen LogP contribution in [0.15, 0.2) is 24.3 Å². The Morgan fingerprint density at radius 2 is 1.75 bits per heavy atom. The van der Waals surface area contributed by atoms with E-state index < -0.39 is 51.9 Å². The molecule has 0 bridgehead atoms. The van der Waals surface area contributed by atoms with Gasteiger partial charge in [-0.05, 0) is 69.9 Å². The average Bonchev–Trinajstić information content (AvgIpc) is 2.83. The summed E-state index contributed by atoms with van der Waals surface area (Å²) in [6.07, 6.45) is 0.531. The predicted molar refractivity (Wildman–Crippen MR) is 147 cm³/mol. The zero-order chi connectivity index (χ0) is 29.4. The summed E-state index contributed by atoms with van der Waals surface area (Å²) in [6.45, 7) is 7.18. The summed E-state index contributed by atoms with van der Waals surface area (Å²) in [4.78, 5) is 3.67. The first-order chi connectivity index (χ1) is 18.7. The highest BCUT2D eigenvalue weighted by Crippen LogP contribution is 2.43. The minimum atomic E-state index is -3.77. The lowest BCUT2D eigenvalue weighted by atomic mass is 9.83. The highest BCUT2D eigenvalue weighted by atomic mass is 32.2. The minimum Gasteiger partial charge on any atom is -0.380 e. The third-order valence-corrected chi connectivity index (χ3v) is 8.75. The molecule has 2 unspecified atom stereocenters. The van der Waals surface area contributed by atoms with Gasteiger partial charge in [-0.3, -0.25) is 18.9 Å². The van der Waals surface area contributed by atoms with E-state index in [0.717, 1.165) is 0 Å². The maximum Gasteiger partial charge on any atom is 0.232 e. The summed E-state index contributed by atoms with van der Waals surface area (Å²) < 4.78 is 101. The van der Waals surface area contributed by atoms with Crippen molar-refractivity contribution in [3.8, 4) is 0 Å². The fourth-order valence-corrected chi connectivity index (χ4v) is 6.20. The summed E-state index contributed by atoms with van der Waals surface area (Å²) in [5.41, 5.74) is -1.67. The third kappa shape index (κ3) is 6.71. The number of hydrogen-bond donors (Lipinski definition) is 2. The molecule has 2 heterocycles. The van der Waals surface area contributed by atoms with Gasteiger partial charge in [0, 0.05) is 43.5 Å². The molecular weight excluding hydrogens is 551 g/mol. The zero-order valence-electron chi connectivity index (χ0n) is 23.2. The zero-order valence-corrected chi connectivity index (χ0v) is 24.0. The fourth-order valence-electron chi connectivity index (χ4n) is 5.56. The number of nitrogens with zero attached hydrogens (tertiary/aromatic N) is 2. The molecule has 1 fully saturated rings. The molecule has 0 aromatic heterocycles. The van der Waals surface area contributed by atoms with Gasteiger partial charge in [0.05, 0.1) is 30.2 Å². The molecule has 2 aromatic carbocycles. The number of benzene rings is 2. The van der Waals surface area contributed by atoms with Gasteiger partial charge in [-0.2, -0.15) is 0 Å². The third-order valence-electron chi connectivity index (χ3n) is 7.46. The van der Waals surface area contributed by atoms with Gasteiger partial charge in [0.15, 0.2) is 5.82 Å². The molecule has 0 amide bonds. The van der Waals surface area contributed by atoms with Crippen LogP contribution in [-0.2, 0) is 16.4 Å². The number of rotatable bonds is 11. The highest BCUT2D eigenvalue weighted by Gasteiger charge is 2.41. The van der Waals surface area contributed by atoms with Crippen molar-refractivity contribution in [1.29, 1.82) is 0 Å². The van der Waals surface area contributed by atoms with Crippen LogP contribution in [0.4, 0.5) is 33.3 Å². The summed E-state index contributed by atoms with van der Waals surface area (Å²) in [7, 11) is -3.77. The van der Waals surface area contributed by atoms with Gasteiger partial charge in [0.25, 0.3) is 0 Å². The summed E-state index contributed by atoms with van der Waals surface area (Å²) in [6, 6.07) is 3.35. The molecule has 0 aliphatic carbocycles. The maximum atomic E-state index is 15.7. The quantitative estimate of drug-likeness (QED) is 0.344. The van der Waals surface area contributed by atoms with Crippen LogP contribution >= 0.6 is 0 Å². The van der Waals surface area contributed by atoms with Crippen molar-refractivity contribution in [2.24, 2.45) is 0 Å². The number of sulfonamides is 1. The molecule has 6 nitrogen and oxygen atoms in total. The molecular formula is C28H37F5N4O2S. The predicted octanol–water partition coefficient (Wildman–Crippen LogP) is 5.41. The second kappa shape index (κ2) is 11.8. The minimum absolute atomic E-state index is 0.0389. The van der Waals surface area contributed by atoms with Crippen molar-refractivity contribution in [2.45, 2.75) is 64.3 Å². The molecule has 1 saturated heterocycles. The number of anilines is 2. The van der Waals surface area contributed by atoms with Crippen LogP contribution < -0.4 is 10.0 Å². The number of nitrogens with one attached hydrogen (secondary N) is 2. The Bertz CT molecular complexity index is 1310. The lowest BCUT2D eigenvalue weighted by Gasteiger charge is -2.44. The second-order valence-electron chi connectivity index (χ2n) is 11.3. The van der Waals surface area contributed by atoms with Crippen LogP contribution in [-0.4, -0.2) is 74.6 Å². The van der Waals surface area contributed by atoms with Crippen molar-refractivity contribution in [1.82, 2.24) is 9.80 Å². The van der Waals surface area contributed by atoms with Gasteiger partial charge >= 0.3 is 0 Å². The molecule has 2 N–H and O–H groups in total. The van der Waals surface area contributed by atoms with Crippen molar-refractivity contribution in [3.63, 3.8) is 0 Å². The summed E-state index contributed by atoms with van der Waals surface area (Å²) >= 11 is 0. The molecule has 12 heteroatoms. The SMILES string of the molecule is CCS(=O)(=O)Nc1ccc2c(c1F)CC(C)N(CC(C)(C)F)C2c1c(F)cc(NC2CN(CCCF)C2)cc1F. The summed E-state index contributed by atoms with van der Waals surface area (Å²) in [5, 5.41) is 3.10. The van der Waals surface area contributed by atoms with Gasteiger partial charge < -0.3 is 5.32 Å². The molecule has 40 heavy (non-hydrogen) atoms. The Kier molecular flexibility index (Phi) is 9.01. The average molecular weight is 589 g/mol.